The summed E-state index contributed by atoms with van der Waals surface area (Å²) < 4.78 is 4.17. The summed E-state index contributed by atoms with van der Waals surface area (Å²) in [6.45, 7) is 2.76. The van der Waals surface area contributed by atoms with Crippen molar-refractivity contribution < 1.29 is 19.4 Å². The molecule has 5 nitrogen and oxygen atoms in total. The van der Waals surface area contributed by atoms with Gasteiger partial charge in [-0.15, -0.1) is 0 Å². The fourth-order valence-electron chi connectivity index (χ4n) is 1.76. The Morgan fingerprint density at radius 2 is 1.88 bits per heavy atom. The molecule has 100 valence electrons. The molecular weight excluding hydrogens is 246 g/mol. The predicted octanol–water partition coefficient (Wildman–Crippen LogP) is 2.22. The molecule has 0 aromatic carbocycles. The molecule has 0 aliphatic heterocycles. The van der Waals surface area contributed by atoms with Gasteiger partial charge in [-0.05, 0) is 45.1 Å². The Morgan fingerprint density at radius 3 is 2.12 bits per heavy atom. The summed E-state index contributed by atoms with van der Waals surface area (Å²) in [7, 11) is 0. The van der Waals surface area contributed by atoms with Crippen molar-refractivity contribution in [3.63, 3.8) is 0 Å². The molecule has 0 aromatic heterocycles. The first-order valence-electron chi connectivity index (χ1n) is 5.76. The third-order valence-corrected chi connectivity index (χ3v) is 2.90. The van der Waals surface area contributed by atoms with Crippen molar-refractivity contribution >= 4 is 23.0 Å². The molecule has 6 heteroatoms. The molecule has 1 aliphatic carbocycles. The van der Waals surface area contributed by atoms with E-state index in [1.165, 1.54) is 0 Å². The van der Waals surface area contributed by atoms with E-state index < -0.39 is 11.4 Å². The van der Waals surface area contributed by atoms with Crippen LogP contribution in [-0.2, 0) is 9.53 Å². The fourth-order valence-corrected chi connectivity index (χ4v) is 1.87. The molecule has 0 atom stereocenters. The van der Waals surface area contributed by atoms with E-state index in [0.29, 0.717) is 19.1 Å². The Kier molecular flexibility index (Phi) is 8.80. The molecule has 1 saturated carbocycles. The summed E-state index contributed by atoms with van der Waals surface area (Å²) in [5.74, 6) is -0.163. The van der Waals surface area contributed by atoms with Crippen LogP contribution in [0.5, 0.6) is 0 Å². The number of rotatable bonds is 3. The normalized spacial score (nSPS) is 23.2. The molecule has 0 unspecified atom stereocenters. The van der Waals surface area contributed by atoms with Crippen molar-refractivity contribution in [1.29, 1.82) is 0 Å². The number of carboxylic acid groups (broad SMARTS) is 1. The number of carbonyl (C=O) groups is 2. The number of nitrogens with two attached hydrogens (primary N) is 1. The molecule has 0 spiro atoms. The first-order valence-corrected chi connectivity index (χ1v) is 6.14. The van der Waals surface area contributed by atoms with Gasteiger partial charge in [0.15, 0.2) is 0 Å². The minimum atomic E-state index is -0.738. The van der Waals surface area contributed by atoms with Crippen LogP contribution in [0.3, 0.4) is 0 Å². The molecule has 0 aromatic rings. The smallest absolute Gasteiger partial charge is 0.403 e. The van der Waals surface area contributed by atoms with Gasteiger partial charge < -0.3 is 15.6 Å². The summed E-state index contributed by atoms with van der Waals surface area (Å²) in [6.07, 6.45) is 3.62. The van der Waals surface area contributed by atoms with Crippen molar-refractivity contribution in [1.82, 2.24) is 0 Å². The lowest BCUT2D eigenvalue weighted by Gasteiger charge is -2.24. The van der Waals surface area contributed by atoms with Crippen LogP contribution in [0.4, 0.5) is 4.79 Å². The van der Waals surface area contributed by atoms with Crippen molar-refractivity contribution in [3.8, 4) is 0 Å². The average molecular weight is 266 g/mol. The van der Waals surface area contributed by atoms with E-state index in [0.717, 1.165) is 25.7 Å². The maximum absolute atomic E-state index is 10.5. The van der Waals surface area contributed by atoms with Crippen LogP contribution < -0.4 is 5.73 Å². The highest BCUT2D eigenvalue weighted by Crippen LogP contribution is 2.27. The van der Waals surface area contributed by atoms with Gasteiger partial charge in [-0.2, -0.15) is 0 Å². The van der Waals surface area contributed by atoms with Gasteiger partial charge in [0.25, 0.3) is 0 Å². The van der Waals surface area contributed by atoms with Crippen LogP contribution >= 0.6 is 11.6 Å². The molecule has 0 amide bonds. The highest BCUT2D eigenvalue weighted by Gasteiger charge is 2.24. The predicted molar refractivity (Wildman–Crippen MR) is 65.0 cm³/mol. The first-order chi connectivity index (χ1) is 8.01. The number of ether oxygens (including phenoxy) is 1. The second kappa shape index (κ2) is 9.24. The van der Waals surface area contributed by atoms with Crippen LogP contribution in [0.25, 0.3) is 0 Å². The lowest BCUT2D eigenvalue weighted by molar-refractivity contribution is -0.143. The van der Waals surface area contributed by atoms with E-state index in [2.05, 4.69) is 4.74 Å². The lowest BCUT2D eigenvalue weighted by Crippen LogP contribution is -2.25. The molecule has 0 radical (unpaired) electrons. The van der Waals surface area contributed by atoms with Gasteiger partial charge in [-0.3, -0.25) is 4.79 Å². The van der Waals surface area contributed by atoms with E-state index in [4.69, 9.17) is 22.4 Å². The van der Waals surface area contributed by atoms with E-state index in [9.17, 15) is 9.59 Å². The third-order valence-electron chi connectivity index (χ3n) is 2.79. The van der Waals surface area contributed by atoms with Crippen LogP contribution in [0.15, 0.2) is 0 Å². The van der Waals surface area contributed by atoms with Gasteiger partial charge in [0, 0.05) is 11.6 Å². The van der Waals surface area contributed by atoms with Gasteiger partial charge in [0.1, 0.15) is 0 Å². The Hall–Kier alpha value is -0.810. The molecule has 3 N–H and O–H groups in total. The average Bonchev–Trinajstić information content (AvgIpc) is 2.29. The summed E-state index contributed by atoms with van der Waals surface area (Å²) in [4.78, 5) is 20.1. The molecule has 0 heterocycles. The Labute approximate surface area is 106 Å². The SMILES string of the molecule is CCOC(=O)Cl.NC[C@H]1CC[C@H](C(=O)O)CC1. The highest BCUT2D eigenvalue weighted by atomic mass is 35.5. The van der Waals surface area contributed by atoms with Crippen molar-refractivity contribution in [2.45, 2.75) is 32.6 Å². The zero-order chi connectivity index (χ0) is 13.3. The number of carbonyl (C=O) groups excluding carboxylic acids is 1. The minimum absolute atomic E-state index is 0.0993. The quantitative estimate of drug-likeness (QED) is 0.764. The molecule has 17 heavy (non-hydrogen) atoms. The molecule has 1 rings (SSSR count). The number of halogens is 1. The van der Waals surface area contributed by atoms with Gasteiger partial charge in [0.05, 0.1) is 12.5 Å². The van der Waals surface area contributed by atoms with Gasteiger partial charge in [0.2, 0.25) is 0 Å². The molecule has 1 fully saturated rings. The summed E-state index contributed by atoms with van der Waals surface area (Å²) in [6, 6.07) is 0. The van der Waals surface area contributed by atoms with Crippen LogP contribution in [0.2, 0.25) is 0 Å². The van der Waals surface area contributed by atoms with E-state index in [1.807, 2.05) is 0 Å². The lowest BCUT2D eigenvalue weighted by atomic mass is 9.82. The van der Waals surface area contributed by atoms with Crippen LogP contribution in [0, 0.1) is 11.8 Å². The van der Waals surface area contributed by atoms with Crippen molar-refractivity contribution in [2.75, 3.05) is 13.2 Å². The largest absolute Gasteiger partial charge is 0.481 e. The first kappa shape index (κ1) is 16.2. The summed E-state index contributed by atoms with van der Waals surface area (Å²) >= 11 is 4.72. The van der Waals surface area contributed by atoms with E-state index >= 15 is 0 Å². The number of hydrogen-bond donors (Lipinski definition) is 2. The second-order valence-electron chi connectivity index (χ2n) is 3.96. The summed E-state index contributed by atoms with van der Waals surface area (Å²) in [5.41, 5.74) is 4.74. The summed E-state index contributed by atoms with van der Waals surface area (Å²) in [5, 5.41) is 8.67. The standard InChI is InChI=1S/C8H15NO2.C3H5ClO2/c9-5-6-1-3-7(4-2-6)8(10)11;1-2-6-3(4)5/h6-7H,1-5,9H2,(H,10,11);2H2,1H3/t6-,7-;. The Morgan fingerprint density at radius 1 is 1.35 bits per heavy atom. The third kappa shape index (κ3) is 7.99. The maximum atomic E-state index is 10.5. The second-order valence-corrected chi connectivity index (χ2v) is 4.27. The zero-order valence-electron chi connectivity index (χ0n) is 10.0. The van der Waals surface area contributed by atoms with E-state index in [-0.39, 0.29) is 5.92 Å². The van der Waals surface area contributed by atoms with Crippen molar-refractivity contribution in [2.24, 2.45) is 17.6 Å². The van der Waals surface area contributed by atoms with Crippen LogP contribution in [-0.4, -0.2) is 29.7 Å². The monoisotopic (exact) mass is 265 g/mol. The van der Waals surface area contributed by atoms with E-state index in [1.54, 1.807) is 6.92 Å². The maximum Gasteiger partial charge on any atom is 0.403 e. The van der Waals surface area contributed by atoms with Gasteiger partial charge >= 0.3 is 11.4 Å². The molecule has 1 aliphatic rings. The Bertz CT molecular complexity index is 240. The minimum Gasteiger partial charge on any atom is -0.481 e. The van der Waals surface area contributed by atoms with Crippen LogP contribution in [0.1, 0.15) is 32.6 Å². The Balaban J connectivity index is 0.000000366. The molecular formula is C11H20ClNO4. The zero-order valence-corrected chi connectivity index (χ0v) is 10.8. The van der Waals surface area contributed by atoms with Gasteiger partial charge in [-0.25, -0.2) is 4.79 Å². The van der Waals surface area contributed by atoms with Crippen molar-refractivity contribution in [3.05, 3.63) is 0 Å². The fraction of sp³-hybridized carbons (Fsp3) is 0.818. The number of hydrogen-bond acceptors (Lipinski definition) is 4. The topological polar surface area (TPSA) is 89.6 Å². The number of carboxylic acids is 1. The highest BCUT2D eigenvalue weighted by molar-refractivity contribution is 6.61. The molecule has 0 bridgehead atoms. The number of aliphatic carboxylic acids is 1. The molecule has 0 saturated heterocycles. The van der Waals surface area contributed by atoms with Gasteiger partial charge in [-0.1, -0.05) is 0 Å².